The van der Waals surface area contributed by atoms with E-state index in [1.54, 1.807) is 0 Å². The molecule has 0 N–H and O–H groups in total. The van der Waals surface area contributed by atoms with Gasteiger partial charge in [-0.1, -0.05) is 58.6 Å². The molecule has 32 heavy (non-hydrogen) atoms. The predicted molar refractivity (Wildman–Crippen MR) is 134 cm³/mol. The van der Waals surface area contributed by atoms with Crippen molar-refractivity contribution in [1.29, 1.82) is 0 Å². The van der Waals surface area contributed by atoms with E-state index in [4.69, 9.17) is 16.3 Å². The number of fused-ring (bicyclic) bond motifs is 5. The molecule has 0 spiro atoms. The second-order valence-electron chi connectivity index (χ2n) is 12.6. The first kappa shape index (κ1) is 24.6. The molecule has 182 valence electrons. The van der Waals surface area contributed by atoms with Crippen LogP contribution in [0.15, 0.2) is 11.6 Å². The fourth-order valence-corrected chi connectivity index (χ4v) is 9.54. The molecule has 8 atom stereocenters. The smallest absolute Gasteiger partial charge is 0.302 e. The third-order valence-electron chi connectivity index (χ3n) is 10.6. The first-order valence-corrected chi connectivity index (χ1v) is 14.2. The Morgan fingerprint density at radius 3 is 2.59 bits per heavy atom. The fraction of sp³-hybridized carbons (Fsp3) is 0.897. The lowest BCUT2D eigenvalue weighted by atomic mass is 9.47. The molecule has 0 aromatic carbocycles. The molecule has 3 heteroatoms. The van der Waals surface area contributed by atoms with Crippen LogP contribution in [0.5, 0.6) is 0 Å². The van der Waals surface area contributed by atoms with Crippen molar-refractivity contribution in [2.24, 2.45) is 46.3 Å². The van der Waals surface area contributed by atoms with E-state index in [0.717, 1.165) is 60.6 Å². The molecule has 0 amide bonds. The maximum absolute atomic E-state index is 11.5. The summed E-state index contributed by atoms with van der Waals surface area (Å²) in [5.41, 5.74) is 2.20. The Morgan fingerprint density at radius 2 is 1.91 bits per heavy atom. The number of esters is 1. The van der Waals surface area contributed by atoms with Crippen LogP contribution in [0.1, 0.15) is 105 Å². The van der Waals surface area contributed by atoms with Gasteiger partial charge in [0.2, 0.25) is 0 Å². The van der Waals surface area contributed by atoms with E-state index >= 15 is 0 Å². The molecule has 4 aliphatic rings. The van der Waals surface area contributed by atoms with Crippen molar-refractivity contribution in [2.45, 2.75) is 111 Å². The van der Waals surface area contributed by atoms with Crippen molar-refractivity contribution in [2.75, 3.05) is 5.88 Å². The van der Waals surface area contributed by atoms with Gasteiger partial charge in [-0.3, -0.25) is 4.79 Å². The number of carbonyl (C=O) groups is 1. The van der Waals surface area contributed by atoms with Crippen LogP contribution < -0.4 is 0 Å². The van der Waals surface area contributed by atoms with Crippen molar-refractivity contribution in [3.63, 3.8) is 0 Å². The molecular formula is C29H47ClO2. The molecule has 2 nitrogen and oxygen atoms in total. The summed E-state index contributed by atoms with van der Waals surface area (Å²) in [6, 6.07) is 0. The number of carbonyl (C=O) groups excluding carboxylic acids is 1. The highest BCUT2D eigenvalue weighted by molar-refractivity contribution is 6.18. The van der Waals surface area contributed by atoms with E-state index in [1.165, 1.54) is 63.9 Å². The number of hydrogen-bond donors (Lipinski definition) is 0. The van der Waals surface area contributed by atoms with Gasteiger partial charge in [-0.05, 0) is 85.9 Å². The number of rotatable bonds is 7. The maximum Gasteiger partial charge on any atom is 0.302 e. The van der Waals surface area contributed by atoms with Crippen LogP contribution in [-0.2, 0) is 9.53 Å². The van der Waals surface area contributed by atoms with Crippen LogP contribution in [0.25, 0.3) is 0 Å². The van der Waals surface area contributed by atoms with Crippen LogP contribution in [0.4, 0.5) is 0 Å². The van der Waals surface area contributed by atoms with Gasteiger partial charge in [0.25, 0.3) is 0 Å². The SMILES string of the molecule is CC(=O)O[C@H]1CC[C@@]2(CCl)C(=CC[C@@H]3[C@@H]2CC[C@]2(C)[C@@H]([C@H](C)CCCC(C)C)CC[C@@H]32)C1. The zero-order chi connectivity index (χ0) is 23.1. The average molecular weight is 463 g/mol. The van der Waals surface area contributed by atoms with E-state index in [2.05, 4.69) is 33.8 Å². The van der Waals surface area contributed by atoms with E-state index < -0.39 is 0 Å². The van der Waals surface area contributed by atoms with Crippen LogP contribution in [0.3, 0.4) is 0 Å². The first-order valence-electron chi connectivity index (χ1n) is 13.6. The van der Waals surface area contributed by atoms with Gasteiger partial charge in [-0.25, -0.2) is 0 Å². The van der Waals surface area contributed by atoms with Crippen molar-refractivity contribution >= 4 is 17.6 Å². The normalized spacial score (nSPS) is 42.0. The molecule has 0 aromatic rings. The van der Waals surface area contributed by atoms with Crippen LogP contribution in [0, 0.1) is 46.3 Å². The number of ether oxygens (including phenoxy) is 1. The lowest BCUT2D eigenvalue weighted by Crippen LogP contribution is -2.52. The predicted octanol–water partition coefficient (Wildman–Crippen LogP) is 8.18. The highest BCUT2D eigenvalue weighted by Crippen LogP contribution is 2.67. The van der Waals surface area contributed by atoms with Gasteiger partial charge in [0.15, 0.2) is 0 Å². The molecule has 0 bridgehead atoms. The van der Waals surface area contributed by atoms with Crippen molar-refractivity contribution in [1.82, 2.24) is 0 Å². The molecule has 0 aliphatic heterocycles. The van der Waals surface area contributed by atoms with Crippen LogP contribution >= 0.6 is 11.6 Å². The molecule has 3 saturated carbocycles. The molecular weight excluding hydrogens is 416 g/mol. The van der Waals surface area contributed by atoms with Gasteiger partial charge in [-0.2, -0.15) is 0 Å². The van der Waals surface area contributed by atoms with Crippen molar-refractivity contribution in [3.8, 4) is 0 Å². The highest BCUT2D eigenvalue weighted by Gasteiger charge is 2.60. The Hall–Kier alpha value is -0.500. The van der Waals surface area contributed by atoms with E-state index in [9.17, 15) is 4.79 Å². The molecule has 0 heterocycles. The fourth-order valence-electron chi connectivity index (χ4n) is 9.03. The van der Waals surface area contributed by atoms with Gasteiger partial charge in [0.1, 0.15) is 6.10 Å². The number of halogens is 1. The van der Waals surface area contributed by atoms with Gasteiger partial charge < -0.3 is 4.74 Å². The summed E-state index contributed by atoms with van der Waals surface area (Å²) in [5, 5.41) is 0. The standard InChI is InChI=1S/C29H47ClO2/c1-19(2)7-6-8-20(3)25-11-12-26-24-10-9-22-17-23(32-21(4)31)13-16-29(22,18-30)27(24)14-15-28(25,26)5/h9,19-20,23-27H,6-8,10-18H2,1-5H3/t20-,23+,24+,25-,26+,27+,28-,29-/m1/s1. The van der Waals surface area contributed by atoms with Crippen LogP contribution in [0.2, 0.25) is 0 Å². The minimum Gasteiger partial charge on any atom is -0.462 e. The third kappa shape index (κ3) is 4.32. The van der Waals surface area contributed by atoms with Gasteiger partial charge >= 0.3 is 5.97 Å². The Kier molecular flexibility index (Phi) is 7.41. The zero-order valence-electron chi connectivity index (χ0n) is 21.3. The second-order valence-corrected chi connectivity index (χ2v) is 12.9. The molecule has 3 fully saturated rings. The molecule has 4 aliphatic carbocycles. The summed E-state index contributed by atoms with van der Waals surface area (Å²) in [4.78, 5) is 11.5. The summed E-state index contributed by atoms with van der Waals surface area (Å²) in [6.07, 6.45) is 16.6. The van der Waals surface area contributed by atoms with Crippen LogP contribution in [-0.4, -0.2) is 18.0 Å². The minimum absolute atomic E-state index is 0.0584. The molecule has 0 saturated heterocycles. The lowest BCUT2D eigenvalue weighted by molar-refractivity contribution is -0.148. The third-order valence-corrected chi connectivity index (χ3v) is 11.0. The Balaban J connectivity index is 1.50. The Morgan fingerprint density at radius 1 is 1.12 bits per heavy atom. The summed E-state index contributed by atoms with van der Waals surface area (Å²) < 4.78 is 5.62. The molecule has 0 unspecified atom stereocenters. The molecule has 4 rings (SSSR count). The quantitative estimate of drug-likeness (QED) is 0.216. The first-order chi connectivity index (χ1) is 15.2. The minimum atomic E-state index is -0.143. The van der Waals surface area contributed by atoms with Gasteiger partial charge in [0, 0.05) is 24.6 Å². The molecule has 0 aromatic heterocycles. The van der Waals surface area contributed by atoms with E-state index in [-0.39, 0.29) is 17.5 Å². The van der Waals surface area contributed by atoms with E-state index in [0.29, 0.717) is 5.41 Å². The summed E-state index contributed by atoms with van der Waals surface area (Å²) in [7, 11) is 0. The highest BCUT2D eigenvalue weighted by atomic mass is 35.5. The van der Waals surface area contributed by atoms with Gasteiger partial charge in [-0.15, -0.1) is 11.6 Å². The zero-order valence-corrected chi connectivity index (χ0v) is 22.1. The summed E-state index contributed by atoms with van der Waals surface area (Å²) in [5.74, 6) is 5.58. The molecule has 0 radical (unpaired) electrons. The largest absolute Gasteiger partial charge is 0.462 e. The maximum atomic E-state index is 11.5. The number of alkyl halides is 1. The summed E-state index contributed by atoms with van der Waals surface area (Å²) >= 11 is 6.81. The topological polar surface area (TPSA) is 26.3 Å². The number of allylic oxidation sites excluding steroid dienone is 1. The Bertz CT molecular complexity index is 714. The van der Waals surface area contributed by atoms with E-state index in [1.807, 2.05) is 0 Å². The average Bonchev–Trinajstić information content (AvgIpc) is 3.10. The van der Waals surface area contributed by atoms with Gasteiger partial charge in [0.05, 0.1) is 0 Å². The van der Waals surface area contributed by atoms with Crippen molar-refractivity contribution in [3.05, 3.63) is 11.6 Å². The second kappa shape index (κ2) is 9.63. The Labute approximate surface area is 202 Å². The number of hydrogen-bond acceptors (Lipinski definition) is 2. The van der Waals surface area contributed by atoms with Crippen molar-refractivity contribution < 1.29 is 9.53 Å². The summed E-state index contributed by atoms with van der Waals surface area (Å²) in [6.45, 7) is 11.5. The monoisotopic (exact) mass is 462 g/mol. The lowest BCUT2D eigenvalue weighted by Gasteiger charge is -2.59.